The van der Waals surface area contributed by atoms with Gasteiger partial charge in [-0.15, -0.1) is 24.0 Å². The zero-order valence-corrected chi connectivity index (χ0v) is 13.0. The quantitative estimate of drug-likeness (QED) is 0.491. The molecule has 0 aliphatic carbocycles. The third-order valence-corrected chi connectivity index (χ3v) is 2.42. The molecule has 0 aromatic carbocycles. The van der Waals surface area contributed by atoms with Gasteiger partial charge in [0.25, 0.3) is 0 Å². The smallest absolute Gasteiger partial charge is 0.191 e. The zero-order chi connectivity index (χ0) is 12.6. The molecule has 2 heterocycles. The molecule has 2 N–H and O–H groups in total. The Hall–Kier alpha value is -1.57. The van der Waals surface area contributed by atoms with E-state index in [9.17, 15) is 0 Å². The van der Waals surface area contributed by atoms with E-state index in [1.165, 1.54) is 0 Å². The molecule has 0 spiro atoms. The molecule has 0 aliphatic heterocycles. The van der Waals surface area contributed by atoms with Gasteiger partial charge < -0.3 is 15.1 Å². The van der Waals surface area contributed by atoms with Crippen LogP contribution in [0, 0.1) is 0 Å². The number of nitrogens with one attached hydrogen (secondary N) is 2. The molecule has 2 rings (SSSR count). The van der Waals surface area contributed by atoms with Crippen molar-refractivity contribution in [2.24, 2.45) is 4.99 Å². The Bertz CT molecular complexity index is 485. The highest BCUT2D eigenvalue weighted by Gasteiger charge is 2.00. The van der Waals surface area contributed by atoms with E-state index in [1.54, 1.807) is 19.5 Å². The van der Waals surface area contributed by atoms with Crippen molar-refractivity contribution in [3.8, 4) is 0 Å². The monoisotopic (exact) mass is 372 g/mol. The summed E-state index contributed by atoms with van der Waals surface area (Å²) in [4.78, 5) is 8.19. The molecule has 0 bridgehead atoms. The first-order valence-electron chi connectivity index (χ1n) is 5.74. The molecule has 0 fully saturated rings. The van der Waals surface area contributed by atoms with Gasteiger partial charge in [0, 0.05) is 26.0 Å². The second-order valence-electron chi connectivity index (χ2n) is 3.72. The first-order valence-corrected chi connectivity index (χ1v) is 5.74. The topological polar surface area (TPSA) is 62.5 Å². The van der Waals surface area contributed by atoms with Crippen LogP contribution in [0.4, 0.5) is 0 Å². The van der Waals surface area contributed by atoms with E-state index >= 15 is 0 Å². The average Bonchev–Trinajstić information content (AvgIpc) is 2.93. The van der Waals surface area contributed by atoms with Gasteiger partial charge in [-0.3, -0.25) is 9.98 Å². The van der Waals surface area contributed by atoms with Crippen molar-refractivity contribution in [1.82, 2.24) is 15.6 Å². The Morgan fingerprint density at radius 1 is 1.26 bits per heavy atom. The van der Waals surface area contributed by atoms with Crippen LogP contribution < -0.4 is 10.6 Å². The highest BCUT2D eigenvalue weighted by Crippen LogP contribution is 1.98. The minimum atomic E-state index is 0. The largest absolute Gasteiger partial charge is 0.467 e. The van der Waals surface area contributed by atoms with Crippen LogP contribution >= 0.6 is 24.0 Å². The van der Waals surface area contributed by atoms with Gasteiger partial charge in [0.1, 0.15) is 5.76 Å². The molecule has 5 nitrogen and oxygen atoms in total. The predicted octanol–water partition coefficient (Wildman–Crippen LogP) is 2.16. The van der Waals surface area contributed by atoms with Crippen molar-refractivity contribution in [2.45, 2.75) is 13.1 Å². The van der Waals surface area contributed by atoms with Crippen LogP contribution in [0.3, 0.4) is 0 Å². The van der Waals surface area contributed by atoms with Crippen molar-refractivity contribution in [2.75, 3.05) is 7.05 Å². The SMILES string of the molecule is CN=C(NCc1cccnc1)NCc1ccco1.I. The van der Waals surface area contributed by atoms with Gasteiger partial charge in [-0.1, -0.05) is 6.07 Å². The molecule has 0 saturated carbocycles. The van der Waals surface area contributed by atoms with Gasteiger partial charge >= 0.3 is 0 Å². The van der Waals surface area contributed by atoms with E-state index in [0.29, 0.717) is 13.1 Å². The molecule has 0 amide bonds. The van der Waals surface area contributed by atoms with E-state index < -0.39 is 0 Å². The van der Waals surface area contributed by atoms with Gasteiger partial charge in [0.15, 0.2) is 5.96 Å². The van der Waals surface area contributed by atoms with E-state index in [-0.39, 0.29) is 24.0 Å². The molecular weight excluding hydrogens is 355 g/mol. The van der Waals surface area contributed by atoms with Crippen molar-refractivity contribution in [1.29, 1.82) is 0 Å². The summed E-state index contributed by atoms with van der Waals surface area (Å²) in [6.07, 6.45) is 5.24. The number of nitrogens with zero attached hydrogens (tertiary/aromatic N) is 2. The summed E-state index contributed by atoms with van der Waals surface area (Å²) in [6, 6.07) is 7.71. The highest BCUT2D eigenvalue weighted by atomic mass is 127. The van der Waals surface area contributed by atoms with E-state index in [0.717, 1.165) is 17.3 Å². The van der Waals surface area contributed by atoms with Gasteiger partial charge in [0.2, 0.25) is 0 Å². The lowest BCUT2D eigenvalue weighted by Crippen LogP contribution is -2.36. The summed E-state index contributed by atoms with van der Waals surface area (Å²) in [5.74, 6) is 1.61. The molecule has 102 valence electrons. The fourth-order valence-electron chi connectivity index (χ4n) is 1.49. The number of halogens is 1. The lowest BCUT2D eigenvalue weighted by Gasteiger charge is -2.10. The van der Waals surface area contributed by atoms with Crippen LogP contribution in [0.1, 0.15) is 11.3 Å². The van der Waals surface area contributed by atoms with Crippen molar-refractivity contribution < 1.29 is 4.42 Å². The summed E-state index contributed by atoms with van der Waals surface area (Å²) < 4.78 is 5.24. The fourth-order valence-corrected chi connectivity index (χ4v) is 1.49. The third-order valence-electron chi connectivity index (χ3n) is 2.42. The number of guanidine groups is 1. The fraction of sp³-hybridized carbons (Fsp3) is 0.231. The second kappa shape index (κ2) is 8.52. The minimum Gasteiger partial charge on any atom is -0.467 e. The maximum Gasteiger partial charge on any atom is 0.191 e. The number of furan rings is 1. The first-order chi connectivity index (χ1) is 8.88. The Kier molecular flexibility index (Phi) is 6.94. The van der Waals surface area contributed by atoms with E-state index in [2.05, 4.69) is 20.6 Å². The molecule has 2 aromatic heterocycles. The lowest BCUT2D eigenvalue weighted by atomic mass is 10.3. The third kappa shape index (κ3) is 5.29. The van der Waals surface area contributed by atoms with Crippen molar-refractivity contribution in [3.63, 3.8) is 0 Å². The van der Waals surface area contributed by atoms with Crippen molar-refractivity contribution in [3.05, 3.63) is 54.2 Å². The molecule has 19 heavy (non-hydrogen) atoms. The summed E-state index contributed by atoms with van der Waals surface area (Å²) in [5, 5.41) is 6.37. The van der Waals surface area contributed by atoms with Gasteiger partial charge in [-0.25, -0.2) is 0 Å². The van der Waals surface area contributed by atoms with Crippen LogP contribution in [0.2, 0.25) is 0 Å². The van der Waals surface area contributed by atoms with Crippen LogP contribution in [-0.2, 0) is 13.1 Å². The normalized spacial score (nSPS) is 10.7. The Labute approximate surface area is 129 Å². The van der Waals surface area contributed by atoms with E-state index in [1.807, 2.05) is 30.5 Å². The molecule has 0 atom stereocenters. The van der Waals surface area contributed by atoms with E-state index in [4.69, 9.17) is 4.42 Å². The number of rotatable bonds is 4. The molecule has 6 heteroatoms. The Balaban J connectivity index is 0.00000180. The summed E-state index contributed by atoms with van der Waals surface area (Å²) in [7, 11) is 1.74. The predicted molar refractivity (Wildman–Crippen MR) is 85.4 cm³/mol. The molecule has 0 saturated heterocycles. The summed E-state index contributed by atoms with van der Waals surface area (Å²) in [5.41, 5.74) is 1.11. The molecular formula is C13H17IN4O. The maximum absolute atomic E-state index is 5.24. The molecule has 0 aliphatic rings. The average molecular weight is 372 g/mol. The Morgan fingerprint density at radius 3 is 2.74 bits per heavy atom. The number of pyridine rings is 1. The summed E-state index contributed by atoms with van der Waals surface area (Å²) in [6.45, 7) is 1.30. The van der Waals surface area contributed by atoms with Crippen LogP contribution in [0.5, 0.6) is 0 Å². The summed E-state index contributed by atoms with van der Waals surface area (Å²) >= 11 is 0. The standard InChI is InChI=1S/C13H16N4O.HI/c1-14-13(17-10-12-5-3-7-18-12)16-9-11-4-2-6-15-8-11;/h2-8H,9-10H2,1H3,(H2,14,16,17);1H. The van der Waals surface area contributed by atoms with Gasteiger partial charge in [0.05, 0.1) is 12.8 Å². The number of hydrogen-bond donors (Lipinski definition) is 2. The molecule has 0 unspecified atom stereocenters. The number of hydrogen-bond acceptors (Lipinski definition) is 3. The first kappa shape index (κ1) is 15.5. The number of aliphatic imine (C=N–C) groups is 1. The molecule has 0 radical (unpaired) electrons. The number of aromatic nitrogens is 1. The van der Waals surface area contributed by atoms with Crippen LogP contribution in [0.15, 0.2) is 52.3 Å². The maximum atomic E-state index is 5.24. The van der Waals surface area contributed by atoms with Crippen molar-refractivity contribution >= 4 is 29.9 Å². The van der Waals surface area contributed by atoms with Gasteiger partial charge in [-0.2, -0.15) is 0 Å². The lowest BCUT2D eigenvalue weighted by molar-refractivity contribution is 0.501. The van der Waals surface area contributed by atoms with Crippen LogP contribution in [-0.4, -0.2) is 18.0 Å². The highest BCUT2D eigenvalue weighted by molar-refractivity contribution is 14.0. The van der Waals surface area contributed by atoms with Gasteiger partial charge in [-0.05, 0) is 23.8 Å². The second-order valence-corrected chi connectivity index (χ2v) is 3.72. The van der Waals surface area contributed by atoms with Crippen LogP contribution in [0.25, 0.3) is 0 Å². The molecule has 2 aromatic rings. The zero-order valence-electron chi connectivity index (χ0n) is 10.7. The minimum absolute atomic E-state index is 0. The Morgan fingerprint density at radius 2 is 2.11 bits per heavy atom.